The fraction of sp³-hybridized carbons (Fsp3) is 0.562. The highest BCUT2D eigenvalue weighted by atomic mass is 19.4. The van der Waals surface area contributed by atoms with E-state index in [1.165, 1.54) is 12.1 Å². The van der Waals surface area contributed by atoms with E-state index in [0.717, 1.165) is 30.7 Å². The molecule has 2 amide bonds. The molecule has 0 saturated carbocycles. The third-order valence-electron chi connectivity index (χ3n) is 3.78. The van der Waals surface area contributed by atoms with Gasteiger partial charge in [-0.2, -0.15) is 13.2 Å². The molecule has 1 fully saturated rings. The Kier molecular flexibility index (Phi) is 5.87. The molecule has 1 aromatic carbocycles. The van der Waals surface area contributed by atoms with Crippen LogP contribution < -0.4 is 10.6 Å². The summed E-state index contributed by atoms with van der Waals surface area (Å²) in [5.74, 6) is 0.353. The predicted octanol–water partition coefficient (Wildman–Crippen LogP) is 2.97. The van der Waals surface area contributed by atoms with Gasteiger partial charge in [-0.1, -0.05) is 12.1 Å². The molecule has 0 aromatic heterocycles. The molecule has 7 heteroatoms. The number of halogens is 3. The molecule has 2 atom stereocenters. The standard InChI is InChI=1S/C16H21F3N2O2/c1-11(21-15(22)20-9-13-6-7-23-10-13)8-12-2-4-14(5-3-12)16(17,18)19/h2-5,11,13H,6-10H2,1H3,(H2,20,21,22)/t11-,13-/m1/s1. The van der Waals surface area contributed by atoms with Crippen LogP contribution in [0.5, 0.6) is 0 Å². The van der Waals surface area contributed by atoms with Crippen molar-refractivity contribution >= 4 is 6.03 Å². The van der Waals surface area contributed by atoms with Crippen LogP contribution in [0.2, 0.25) is 0 Å². The number of nitrogens with one attached hydrogen (secondary N) is 2. The first-order valence-electron chi connectivity index (χ1n) is 7.63. The van der Waals surface area contributed by atoms with E-state index in [2.05, 4.69) is 10.6 Å². The van der Waals surface area contributed by atoms with Crippen LogP contribution in [0.4, 0.5) is 18.0 Å². The fourth-order valence-corrected chi connectivity index (χ4v) is 2.49. The maximum atomic E-state index is 12.5. The van der Waals surface area contributed by atoms with Crippen LogP contribution in [0, 0.1) is 5.92 Å². The minimum absolute atomic E-state index is 0.174. The largest absolute Gasteiger partial charge is 0.416 e. The van der Waals surface area contributed by atoms with Gasteiger partial charge in [-0.05, 0) is 37.5 Å². The van der Waals surface area contributed by atoms with Crippen molar-refractivity contribution in [3.05, 3.63) is 35.4 Å². The molecule has 23 heavy (non-hydrogen) atoms. The first-order chi connectivity index (χ1) is 10.8. The zero-order valence-corrected chi connectivity index (χ0v) is 13.0. The van der Waals surface area contributed by atoms with Crippen LogP contribution in [0.25, 0.3) is 0 Å². The SMILES string of the molecule is C[C@H](Cc1ccc(C(F)(F)F)cc1)NC(=O)NC[C@H]1CCOC1. The second-order valence-electron chi connectivity index (χ2n) is 5.88. The summed E-state index contributed by atoms with van der Waals surface area (Å²) in [6.07, 6.45) is -2.91. The fourth-order valence-electron chi connectivity index (χ4n) is 2.49. The average Bonchev–Trinajstić information content (AvgIpc) is 2.98. The number of rotatable bonds is 5. The van der Waals surface area contributed by atoms with Gasteiger partial charge in [0.2, 0.25) is 0 Å². The van der Waals surface area contributed by atoms with Crippen LogP contribution in [0.15, 0.2) is 24.3 Å². The second-order valence-corrected chi connectivity index (χ2v) is 5.88. The summed E-state index contributed by atoms with van der Waals surface area (Å²) < 4.78 is 42.7. The molecule has 0 spiro atoms. The van der Waals surface area contributed by atoms with Gasteiger partial charge in [0.25, 0.3) is 0 Å². The van der Waals surface area contributed by atoms with E-state index >= 15 is 0 Å². The Labute approximate surface area is 133 Å². The number of hydrogen-bond acceptors (Lipinski definition) is 2. The lowest BCUT2D eigenvalue weighted by Crippen LogP contribution is -2.43. The zero-order chi connectivity index (χ0) is 16.9. The predicted molar refractivity (Wildman–Crippen MR) is 80.1 cm³/mol. The Hall–Kier alpha value is -1.76. The summed E-state index contributed by atoms with van der Waals surface area (Å²) in [6.45, 7) is 3.79. The Morgan fingerprint density at radius 3 is 2.61 bits per heavy atom. The first kappa shape index (κ1) is 17.6. The van der Waals surface area contributed by atoms with Crippen molar-refractivity contribution in [1.29, 1.82) is 0 Å². The van der Waals surface area contributed by atoms with Gasteiger partial charge in [-0.3, -0.25) is 0 Å². The maximum absolute atomic E-state index is 12.5. The molecule has 1 heterocycles. The molecular formula is C16H21F3N2O2. The van der Waals surface area contributed by atoms with Gasteiger partial charge in [0.05, 0.1) is 12.2 Å². The lowest BCUT2D eigenvalue weighted by molar-refractivity contribution is -0.137. The molecule has 1 aliphatic rings. The molecule has 1 aliphatic heterocycles. The monoisotopic (exact) mass is 330 g/mol. The van der Waals surface area contributed by atoms with E-state index in [-0.39, 0.29) is 12.1 Å². The highest BCUT2D eigenvalue weighted by molar-refractivity contribution is 5.74. The van der Waals surface area contributed by atoms with Crippen molar-refractivity contribution in [1.82, 2.24) is 10.6 Å². The molecule has 0 unspecified atom stereocenters. The Bertz CT molecular complexity index is 511. The van der Waals surface area contributed by atoms with Crippen molar-refractivity contribution in [3.63, 3.8) is 0 Å². The summed E-state index contributed by atoms with van der Waals surface area (Å²) in [6, 6.07) is 4.55. The van der Waals surface area contributed by atoms with E-state index in [4.69, 9.17) is 4.74 Å². The molecule has 4 nitrogen and oxygen atoms in total. The number of carbonyl (C=O) groups excluding carboxylic acids is 1. The number of ether oxygens (including phenoxy) is 1. The number of hydrogen-bond donors (Lipinski definition) is 2. The smallest absolute Gasteiger partial charge is 0.381 e. The van der Waals surface area contributed by atoms with Crippen molar-refractivity contribution in [3.8, 4) is 0 Å². The van der Waals surface area contributed by atoms with Crippen molar-refractivity contribution in [2.45, 2.75) is 32.0 Å². The number of alkyl halides is 3. The molecule has 2 N–H and O–H groups in total. The molecule has 2 rings (SSSR count). The van der Waals surface area contributed by atoms with Crippen LogP contribution in [-0.4, -0.2) is 31.8 Å². The van der Waals surface area contributed by atoms with E-state index < -0.39 is 11.7 Å². The van der Waals surface area contributed by atoms with Crippen molar-refractivity contribution < 1.29 is 22.7 Å². The molecule has 0 radical (unpaired) electrons. The zero-order valence-electron chi connectivity index (χ0n) is 13.0. The Morgan fingerprint density at radius 1 is 1.35 bits per heavy atom. The highest BCUT2D eigenvalue weighted by Gasteiger charge is 2.29. The van der Waals surface area contributed by atoms with Gasteiger partial charge < -0.3 is 15.4 Å². The second kappa shape index (κ2) is 7.68. The lowest BCUT2D eigenvalue weighted by atomic mass is 10.1. The van der Waals surface area contributed by atoms with Gasteiger partial charge in [0.15, 0.2) is 0 Å². The lowest BCUT2D eigenvalue weighted by Gasteiger charge is -2.16. The summed E-state index contributed by atoms with van der Waals surface area (Å²) in [4.78, 5) is 11.8. The normalized spacial score (nSPS) is 19.4. The van der Waals surface area contributed by atoms with Gasteiger partial charge in [-0.15, -0.1) is 0 Å². The number of amides is 2. The van der Waals surface area contributed by atoms with Crippen LogP contribution >= 0.6 is 0 Å². The summed E-state index contributed by atoms with van der Waals surface area (Å²) in [5.41, 5.74) is 0.0772. The summed E-state index contributed by atoms with van der Waals surface area (Å²) in [7, 11) is 0. The van der Waals surface area contributed by atoms with Crippen LogP contribution in [0.1, 0.15) is 24.5 Å². The van der Waals surface area contributed by atoms with Crippen LogP contribution in [0.3, 0.4) is 0 Å². The molecule has 0 aliphatic carbocycles. The molecule has 128 valence electrons. The number of benzene rings is 1. The van der Waals surface area contributed by atoms with E-state index in [1.807, 2.05) is 6.92 Å². The molecule has 0 bridgehead atoms. The van der Waals surface area contributed by atoms with Gasteiger partial charge in [0, 0.05) is 25.1 Å². The third kappa shape index (κ3) is 5.74. The van der Waals surface area contributed by atoms with E-state index in [9.17, 15) is 18.0 Å². The topological polar surface area (TPSA) is 50.4 Å². The number of urea groups is 1. The number of carbonyl (C=O) groups is 1. The highest BCUT2D eigenvalue weighted by Crippen LogP contribution is 2.29. The molecule has 1 aromatic rings. The third-order valence-corrected chi connectivity index (χ3v) is 3.78. The minimum atomic E-state index is -4.33. The Balaban J connectivity index is 1.75. The maximum Gasteiger partial charge on any atom is 0.416 e. The van der Waals surface area contributed by atoms with Crippen molar-refractivity contribution in [2.75, 3.05) is 19.8 Å². The van der Waals surface area contributed by atoms with E-state index in [0.29, 0.717) is 25.5 Å². The van der Waals surface area contributed by atoms with Gasteiger partial charge in [0.1, 0.15) is 0 Å². The quantitative estimate of drug-likeness (QED) is 0.872. The summed E-state index contributed by atoms with van der Waals surface area (Å²) >= 11 is 0. The van der Waals surface area contributed by atoms with E-state index in [1.54, 1.807) is 0 Å². The average molecular weight is 330 g/mol. The molecular weight excluding hydrogens is 309 g/mol. The van der Waals surface area contributed by atoms with Gasteiger partial charge in [-0.25, -0.2) is 4.79 Å². The van der Waals surface area contributed by atoms with Crippen LogP contribution in [-0.2, 0) is 17.3 Å². The minimum Gasteiger partial charge on any atom is -0.381 e. The summed E-state index contributed by atoms with van der Waals surface area (Å²) in [5, 5.41) is 5.58. The van der Waals surface area contributed by atoms with Crippen molar-refractivity contribution in [2.24, 2.45) is 5.92 Å². The van der Waals surface area contributed by atoms with Gasteiger partial charge >= 0.3 is 12.2 Å². The Morgan fingerprint density at radius 2 is 2.04 bits per heavy atom. The molecule has 1 saturated heterocycles. The first-order valence-corrected chi connectivity index (χ1v) is 7.63.